The molecule has 3 heteroatoms. The quantitative estimate of drug-likeness (QED) is 0.389. The molecule has 1 fully saturated rings. The summed E-state index contributed by atoms with van der Waals surface area (Å²) in [6.45, 7) is 5.09. The van der Waals surface area contributed by atoms with Gasteiger partial charge in [-0.1, -0.05) is 12.1 Å². The van der Waals surface area contributed by atoms with Crippen LogP contribution in [-0.2, 0) is 0 Å². The van der Waals surface area contributed by atoms with E-state index in [2.05, 4.69) is 24.3 Å². The van der Waals surface area contributed by atoms with Gasteiger partial charge in [0.15, 0.2) is 0 Å². The normalized spacial score (nSPS) is 38.4. The SMILES string of the molecule is CC1CC(=NO)C(C)CN1. The van der Waals surface area contributed by atoms with E-state index < -0.39 is 0 Å². The fourth-order valence-corrected chi connectivity index (χ4v) is 1.22. The number of hydrogen-bond acceptors (Lipinski definition) is 3. The molecule has 0 saturated carbocycles. The average molecular weight is 142 g/mol. The molecular formula is C7H14N2O. The molecule has 0 aromatic carbocycles. The number of oxime groups is 1. The standard InChI is InChI=1S/C7H14N2O/c1-5-4-8-6(2)3-7(5)9-10/h5-6,8,10H,3-4H2,1-2H3. The van der Waals surface area contributed by atoms with Crippen molar-refractivity contribution in [2.45, 2.75) is 26.3 Å². The van der Waals surface area contributed by atoms with Gasteiger partial charge in [0.1, 0.15) is 0 Å². The molecule has 1 saturated heterocycles. The molecule has 0 amide bonds. The summed E-state index contributed by atoms with van der Waals surface area (Å²) in [4.78, 5) is 0. The molecule has 0 spiro atoms. The largest absolute Gasteiger partial charge is 0.411 e. The number of hydrogen-bond donors (Lipinski definition) is 2. The third kappa shape index (κ3) is 1.48. The predicted molar refractivity (Wildman–Crippen MR) is 40.5 cm³/mol. The molecule has 58 valence electrons. The van der Waals surface area contributed by atoms with E-state index >= 15 is 0 Å². The second-order valence-electron chi connectivity index (χ2n) is 3.01. The van der Waals surface area contributed by atoms with Crippen LogP contribution in [0.2, 0.25) is 0 Å². The maximum Gasteiger partial charge on any atom is 0.0626 e. The predicted octanol–water partition coefficient (Wildman–Crippen LogP) is 0.834. The van der Waals surface area contributed by atoms with E-state index in [0.29, 0.717) is 12.0 Å². The number of rotatable bonds is 0. The van der Waals surface area contributed by atoms with Crippen LogP contribution >= 0.6 is 0 Å². The lowest BCUT2D eigenvalue weighted by molar-refractivity contribution is 0.308. The zero-order valence-corrected chi connectivity index (χ0v) is 6.46. The van der Waals surface area contributed by atoms with Crippen LogP contribution in [0, 0.1) is 5.92 Å². The summed E-state index contributed by atoms with van der Waals surface area (Å²) < 4.78 is 0. The molecule has 1 rings (SSSR count). The summed E-state index contributed by atoms with van der Waals surface area (Å²) in [6, 6.07) is 0.460. The van der Waals surface area contributed by atoms with Crippen molar-refractivity contribution in [1.29, 1.82) is 0 Å². The number of nitrogens with one attached hydrogen (secondary N) is 1. The maximum atomic E-state index is 8.54. The number of nitrogens with zero attached hydrogens (tertiary/aromatic N) is 1. The molecule has 0 radical (unpaired) electrons. The van der Waals surface area contributed by atoms with Gasteiger partial charge in [-0.25, -0.2) is 0 Å². The van der Waals surface area contributed by atoms with Crippen molar-refractivity contribution in [1.82, 2.24) is 5.32 Å². The van der Waals surface area contributed by atoms with Crippen molar-refractivity contribution in [3.63, 3.8) is 0 Å². The molecule has 0 aromatic heterocycles. The molecule has 1 aliphatic heterocycles. The lowest BCUT2D eigenvalue weighted by Gasteiger charge is -2.25. The molecule has 2 unspecified atom stereocenters. The summed E-state index contributed by atoms with van der Waals surface area (Å²) in [5.74, 6) is 0.390. The van der Waals surface area contributed by atoms with E-state index in [9.17, 15) is 0 Å². The van der Waals surface area contributed by atoms with Gasteiger partial charge in [0, 0.05) is 24.9 Å². The fraction of sp³-hybridized carbons (Fsp3) is 0.857. The highest BCUT2D eigenvalue weighted by Crippen LogP contribution is 2.10. The molecule has 1 aliphatic rings. The summed E-state index contributed by atoms with van der Waals surface area (Å²) in [5, 5.41) is 15.1. The Labute approximate surface area is 61.1 Å². The zero-order valence-electron chi connectivity index (χ0n) is 6.46. The molecular weight excluding hydrogens is 128 g/mol. The summed E-state index contributed by atoms with van der Waals surface area (Å²) in [5.41, 5.74) is 0.922. The van der Waals surface area contributed by atoms with Crippen LogP contribution < -0.4 is 5.32 Å². The highest BCUT2D eigenvalue weighted by molar-refractivity contribution is 5.87. The minimum Gasteiger partial charge on any atom is -0.411 e. The van der Waals surface area contributed by atoms with Gasteiger partial charge in [0.05, 0.1) is 5.71 Å². The van der Waals surface area contributed by atoms with Crippen LogP contribution in [0.5, 0.6) is 0 Å². The Bertz CT molecular complexity index is 145. The van der Waals surface area contributed by atoms with Gasteiger partial charge in [-0.3, -0.25) is 0 Å². The summed E-state index contributed by atoms with van der Waals surface area (Å²) in [7, 11) is 0. The van der Waals surface area contributed by atoms with Crippen molar-refractivity contribution < 1.29 is 5.21 Å². The highest BCUT2D eigenvalue weighted by Gasteiger charge is 2.20. The van der Waals surface area contributed by atoms with Crippen LogP contribution in [-0.4, -0.2) is 23.5 Å². The van der Waals surface area contributed by atoms with Crippen molar-refractivity contribution in [2.75, 3.05) is 6.54 Å². The highest BCUT2D eigenvalue weighted by atomic mass is 16.4. The van der Waals surface area contributed by atoms with E-state index in [1.165, 1.54) is 0 Å². The molecule has 3 nitrogen and oxygen atoms in total. The Kier molecular flexibility index (Phi) is 2.27. The summed E-state index contributed by atoms with van der Waals surface area (Å²) in [6.07, 6.45) is 0.873. The van der Waals surface area contributed by atoms with Gasteiger partial charge in [0.25, 0.3) is 0 Å². The molecule has 2 atom stereocenters. The molecule has 1 heterocycles. The van der Waals surface area contributed by atoms with Gasteiger partial charge >= 0.3 is 0 Å². The van der Waals surface area contributed by atoms with Crippen LogP contribution in [0.1, 0.15) is 20.3 Å². The van der Waals surface area contributed by atoms with E-state index in [1.807, 2.05) is 0 Å². The smallest absolute Gasteiger partial charge is 0.0626 e. The first-order valence-electron chi connectivity index (χ1n) is 3.68. The fourth-order valence-electron chi connectivity index (χ4n) is 1.22. The first kappa shape index (κ1) is 7.54. The van der Waals surface area contributed by atoms with Gasteiger partial charge < -0.3 is 10.5 Å². The van der Waals surface area contributed by atoms with Crippen LogP contribution in [0.25, 0.3) is 0 Å². The second kappa shape index (κ2) is 3.01. The minimum atomic E-state index is 0.390. The van der Waals surface area contributed by atoms with Crippen molar-refractivity contribution in [3.8, 4) is 0 Å². The molecule has 0 aromatic rings. The Morgan fingerprint density at radius 3 is 2.80 bits per heavy atom. The Morgan fingerprint density at radius 2 is 2.30 bits per heavy atom. The van der Waals surface area contributed by atoms with E-state index in [4.69, 9.17) is 5.21 Å². The minimum absolute atomic E-state index is 0.390. The Balaban J connectivity index is 2.54. The monoisotopic (exact) mass is 142 g/mol. The first-order chi connectivity index (χ1) is 4.74. The van der Waals surface area contributed by atoms with Gasteiger partial charge in [-0.05, 0) is 6.92 Å². The maximum absolute atomic E-state index is 8.54. The van der Waals surface area contributed by atoms with Gasteiger partial charge in [0.2, 0.25) is 0 Å². The van der Waals surface area contributed by atoms with E-state index in [-0.39, 0.29) is 0 Å². The van der Waals surface area contributed by atoms with Crippen LogP contribution in [0.4, 0.5) is 0 Å². The van der Waals surface area contributed by atoms with Gasteiger partial charge in [-0.15, -0.1) is 0 Å². The van der Waals surface area contributed by atoms with Crippen LogP contribution in [0.3, 0.4) is 0 Å². The topological polar surface area (TPSA) is 44.6 Å². The molecule has 0 bridgehead atoms. The Morgan fingerprint density at radius 1 is 1.60 bits per heavy atom. The molecule has 10 heavy (non-hydrogen) atoms. The Hall–Kier alpha value is -0.570. The summed E-state index contributed by atoms with van der Waals surface area (Å²) >= 11 is 0. The van der Waals surface area contributed by atoms with Crippen molar-refractivity contribution in [3.05, 3.63) is 0 Å². The zero-order chi connectivity index (χ0) is 7.56. The van der Waals surface area contributed by atoms with Crippen LogP contribution in [0.15, 0.2) is 5.16 Å². The average Bonchev–Trinajstić information content (AvgIpc) is 1.94. The van der Waals surface area contributed by atoms with Crippen molar-refractivity contribution >= 4 is 5.71 Å². The number of piperidine rings is 1. The first-order valence-corrected chi connectivity index (χ1v) is 3.68. The van der Waals surface area contributed by atoms with E-state index in [0.717, 1.165) is 18.7 Å². The lowest BCUT2D eigenvalue weighted by atomic mass is 9.95. The van der Waals surface area contributed by atoms with E-state index in [1.54, 1.807) is 0 Å². The van der Waals surface area contributed by atoms with Crippen molar-refractivity contribution in [2.24, 2.45) is 11.1 Å². The third-order valence-corrected chi connectivity index (χ3v) is 1.99. The molecule has 2 N–H and O–H groups in total. The molecule has 0 aliphatic carbocycles. The second-order valence-corrected chi connectivity index (χ2v) is 3.01. The lowest BCUT2D eigenvalue weighted by Crippen LogP contribution is -2.41. The third-order valence-electron chi connectivity index (χ3n) is 1.99. The van der Waals surface area contributed by atoms with Gasteiger partial charge in [-0.2, -0.15) is 0 Å².